The zero-order valence-corrected chi connectivity index (χ0v) is 11.3. The first-order valence-electron chi connectivity index (χ1n) is 6.83. The second kappa shape index (κ2) is 6.53. The molecular formula is C16H21NO2. The van der Waals surface area contributed by atoms with Gasteiger partial charge in [-0.25, -0.2) is 0 Å². The lowest BCUT2D eigenvalue weighted by atomic mass is 9.93. The molecule has 2 rings (SSSR count). The van der Waals surface area contributed by atoms with Gasteiger partial charge < -0.3 is 10.4 Å². The molecule has 0 fully saturated rings. The van der Waals surface area contributed by atoms with Crippen LogP contribution in [-0.4, -0.2) is 23.7 Å². The second-order valence-electron chi connectivity index (χ2n) is 5.14. The van der Waals surface area contributed by atoms with Crippen LogP contribution >= 0.6 is 0 Å². The van der Waals surface area contributed by atoms with Gasteiger partial charge in [-0.3, -0.25) is 4.79 Å². The highest BCUT2D eigenvalue weighted by Gasteiger charge is 2.25. The molecule has 0 bridgehead atoms. The quantitative estimate of drug-likeness (QED) is 0.797. The SMILES string of the molecule is C[C@H](c1ccccc1)[C@@H](CO)NC(=O)C1CC=CC1. The van der Waals surface area contributed by atoms with E-state index in [0.717, 1.165) is 18.4 Å². The fraction of sp³-hybridized carbons (Fsp3) is 0.438. The van der Waals surface area contributed by atoms with Gasteiger partial charge in [0.15, 0.2) is 0 Å². The third-order valence-electron chi connectivity index (χ3n) is 3.83. The first-order chi connectivity index (χ1) is 9.22. The molecule has 2 atom stereocenters. The number of carbonyl (C=O) groups is 1. The normalized spacial score (nSPS) is 18.2. The van der Waals surface area contributed by atoms with E-state index in [9.17, 15) is 9.90 Å². The molecule has 3 heteroatoms. The Morgan fingerprint density at radius 2 is 1.95 bits per heavy atom. The van der Waals surface area contributed by atoms with E-state index in [-0.39, 0.29) is 30.4 Å². The van der Waals surface area contributed by atoms with Crippen molar-refractivity contribution in [3.8, 4) is 0 Å². The van der Waals surface area contributed by atoms with Crippen LogP contribution in [0.3, 0.4) is 0 Å². The van der Waals surface area contributed by atoms with E-state index in [2.05, 4.69) is 5.32 Å². The van der Waals surface area contributed by atoms with Crippen molar-refractivity contribution >= 4 is 5.91 Å². The molecule has 0 unspecified atom stereocenters. The van der Waals surface area contributed by atoms with E-state index in [0.29, 0.717) is 0 Å². The van der Waals surface area contributed by atoms with Crippen molar-refractivity contribution in [3.63, 3.8) is 0 Å². The number of hydrogen-bond donors (Lipinski definition) is 2. The largest absolute Gasteiger partial charge is 0.394 e. The summed E-state index contributed by atoms with van der Waals surface area (Å²) in [5.74, 6) is 0.188. The van der Waals surface area contributed by atoms with E-state index in [1.54, 1.807) is 0 Å². The maximum Gasteiger partial charge on any atom is 0.224 e. The number of hydrogen-bond acceptors (Lipinski definition) is 2. The second-order valence-corrected chi connectivity index (χ2v) is 5.14. The maximum absolute atomic E-state index is 12.1. The Labute approximate surface area is 114 Å². The maximum atomic E-state index is 12.1. The number of benzene rings is 1. The lowest BCUT2D eigenvalue weighted by Crippen LogP contribution is -2.43. The summed E-state index contributed by atoms with van der Waals surface area (Å²) < 4.78 is 0. The summed E-state index contributed by atoms with van der Waals surface area (Å²) in [6.45, 7) is 1.99. The van der Waals surface area contributed by atoms with Crippen LogP contribution < -0.4 is 5.32 Å². The highest BCUT2D eigenvalue weighted by Crippen LogP contribution is 2.21. The Bertz CT molecular complexity index is 433. The van der Waals surface area contributed by atoms with Gasteiger partial charge >= 0.3 is 0 Å². The number of rotatable bonds is 5. The zero-order chi connectivity index (χ0) is 13.7. The molecular weight excluding hydrogens is 238 g/mol. The minimum absolute atomic E-state index is 0.0389. The van der Waals surface area contributed by atoms with Crippen molar-refractivity contribution in [2.45, 2.75) is 31.7 Å². The van der Waals surface area contributed by atoms with Gasteiger partial charge in [0, 0.05) is 11.8 Å². The fourth-order valence-corrected chi connectivity index (χ4v) is 2.45. The third-order valence-corrected chi connectivity index (χ3v) is 3.83. The summed E-state index contributed by atoms with van der Waals surface area (Å²) in [6.07, 6.45) is 5.70. The molecule has 102 valence electrons. The van der Waals surface area contributed by atoms with Crippen molar-refractivity contribution in [2.75, 3.05) is 6.61 Å². The van der Waals surface area contributed by atoms with Crippen molar-refractivity contribution in [2.24, 2.45) is 5.92 Å². The Morgan fingerprint density at radius 1 is 1.32 bits per heavy atom. The summed E-state index contributed by atoms with van der Waals surface area (Å²) in [5, 5.41) is 12.5. The standard InChI is InChI=1S/C16H21NO2/c1-12(13-7-3-2-4-8-13)15(11-18)17-16(19)14-9-5-6-10-14/h2-8,12,14-15,18H,9-11H2,1H3,(H,17,19)/t12-,15-/m1/s1. The Hall–Kier alpha value is -1.61. The predicted molar refractivity (Wildman–Crippen MR) is 75.7 cm³/mol. The molecule has 0 spiro atoms. The minimum atomic E-state index is -0.226. The molecule has 0 radical (unpaired) electrons. The zero-order valence-electron chi connectivity index (χ0n) is 11.3. The highest BCUT2D eigenvalue weighted by molar-refractivity contribution is 5.79. The molecule has 0 saturated carbocycles. The summed E-state index contributed by atoms with van der Waals surface area (Å²) in [7, 11) is 0. The molecule has 1 amide bonds. The van der Waals surface area contributed by atoms with Crippen molar-refractivity contribution in [1.29, 1.82) is 0 Å². The van der Waals surface area contributed by atoms with Gasteiger partial charge in [0.05, 0.1) is 12.6 Å². The monoisotopic (exact) mass is 259 g/mol. The Morgan fingerprint density at radius 3 is 2.53 bits per heavy atom. The van der Waals surface area contributed by atoms with E-state index in [1.807, 2.05) is 49.4 Å². The molecule has 0 heterocycles. The van der Waals surface area contributed by atoms with Crippen LogP contribution in [0, 0.1) is 5.92 Å². The van der Waals surface area contributed by atoms with E-state index in [4.69, 9.17) is 0 Å². The number of aliphatic hydroxyl groups is 1. The number of carbonyl (C=O) groups excluding carboxylic acids is 1. The van der Waals surface area contributed by atoms with Gasteiger partial charge in [-0.15, -0.1) is 0 Å². The number of amides is 1. The van der Waals surface area contributed by atoms with Gasteiger partial charge in [-0.1, -0.05) is 49.4 Å². The predicted octanol–water partition coefficient (Wildman–Crippen LogP) is 2.23. The van der Waals surface area contributed by atoms with Crippen LogP contribution in [0.1, 0.15) is 31.2 Å². The van der Waals surface area contributed by atoms with Crippen molar-refractivity contribution < 1.29 is 9.90 Å². The van der Waals surface area contributed by atoms with Crippen LogP contribution in [0.25, 0.3) is 0 Å². The smallest absolute Gasteiger partial charge is 0.224 e. The molecule has 0 aromatic heterocycles. The summed E-state index contributed by atoms with van der Waals surface area (Å²) in [6, 6.07) is 9.74. The van der Waals surface area contributed by atoms with E-state index < -0.39 is 0 Å². The summed E-state index contributed by atoms with van der Waals surface area (Å²) in [5.41, 5.74) is 1.13. The van der Waals surface area contributed by atoms with Crippen LogP contribution in [0.15, 0.2) is 42.5 Å². The molecule has 0 saturated heterocycles. The molecule has 0 aliphatic heterocycles. The van der Waals surface area contributed by atoms with Gasteiger partial charge in [-0.2, -0.15) is 0 Å². The number of aliphatic hydroxyl groups excluding tert-OH is 1. The van der Waals surface area contributed by atoms with Crippen LogP contribution in [0.2, 0.25) is 0 Å². The third kappa shape index (κ3) is 3.44. The molecule has 1 aromatic rings. The molecule has 1 aliphatic rings. The van der Waals surface area contributed by atoms with Crippen LogP contribution in [0.5, 0.6) is 0 Å². The average molecular weight is 259 g/mol. The topological polar surface area (TPSA) is 49.3 Å². The van der Waals surface area contributed by atoms with Gasteiger partial charge in [0.25, 0.3) is 0 Å². The summed E-state index contributed by atoms with van der Waals surface area (Å²) in [4.78, 5) is 12.1. The van der Waals surface area contributed by atoms with Crippen molar-refractivity contribution in [1.82, 2.24) is 5.32 Å². The van der Waals surface area contributed by atoms with Gasteiger partial charge in [0.1, 0.15) is 0 Å². The Kier molecular flexibility index (Phi) is 4.74. The van der Waals surface area contributed by atoms with Crippen LogP contribution in [0.4, 0.5) is 0 Å². The Balaban J connectivity index is 1.97. The number of allylic oxidation sites excluding steroid dienone is 2. The first-order valence-corrected chi connectivity index (χ1v) is 6.83. The van der Waals surface area contributed by atoms with Gasteiger partial charge in [0.2, 0.25) is 5.91 Å². The highest BCUT2D eigenvalue weighted by atomic mass is 16.3. The lowest BCUT2D eigenvalue weighted by Gasteiger charge is -2.25. The molecule has 1 aliphatic carbocycles. The molecule has 19 heavy (non-hydrogen) atoms. The summed E-state index contributed by atoms with van der Waals surface area (Å²) >= 11 is 0. The molecule has 2 N–H and O–H groups in total. The molecule has 1 aromatic carbocycles. The number of nitrogens with one attached hydrogen (secondary N) is 1. The average Bonchev–Trinajstić information content (AvgIpc) is 2.99. The van der Waals surface area contributed by atoms with Crippen LogP contribution in [-0.2, 0) is 4.79 Å². The minimum Gasteiger partial charge on any atom is -0.394 e. The van der Waals surface area contributed by atoms with E-state index in [1.165, 1.54) is 0 Å². The van der Waals surface area contributed by atoms with Gasteiger partial charge in [-0.05, 0) is 18.4 Å². The van der Waals surface area contributed by atoms with E-state index >= 15 is 0 Å². The first kappa shape index (κ1) is 13.8. The fourth-order valence-electron chi connectivity index (χ4n) is 2.45. The molecule has 3 nitrogen and oxygen atoms in total. The van der Waals surface area contributed by atoms with Crippen molar-refractivity contribution in [3.05, 3.63) is 48.0 Å². The lowest BCUT2D eigenvalue weighted by molar-refractivity contribution is -0.125.